The smallest absolute Gasteiger partial charge is 0.195 e. The molecule has 0 unspecified atom stereocenters. The van der Waals surface area contributed by atoms with Crippen LogP contribution in [0.2, 0.25) is 0 Å². The van der Waals surface area contributed by atoms with Gasteiger partial charge in [-0.1, -0.05) is 0 Å². The fourth-order valence-electron chi connectivity index (χ4n) is 1.04. The summed E-state index contributed by atoms with van der Waals surface area (Å²) in [5.41, 5.74) is 0.652. The van der Waals surface area contributed by atoms with Crippen molar-refractivity contribution in [1.82, 2.24) is 9.38 Å². The second kappa shape index (κ2) is 2.91. The minimum absolute atomic E-state index is 0.652. The molecular weight excluding hydrogens is 192 g/mol. The third-order valence-electron chi connectivity index (χ3n) is 1.57. The van der Waals surface area contributed by atoms with E-state index in [1.54, 1.807) is 0 Å². The third-order valence-corrected chi connectivity index (χ3v) is 3.01. The van der Waals surface area contributed by atoms with Gasteiger partial charge in [-0.15, -0.1) is 23.1 Å². The van der Waals surface area contributed by atoms with Crippen LogP contribution in [-0.4, -0.2) is 21.9 Å². The molecular formula is C7H6N2OS2. The van der Waals surface area contributed by atoms with E-state index in [-0.39, 0.29) is 0 Å². The quantitative estimate of drug-likeness (QED) is 0.546. The van der Waals surface area contributed by atoms with Crippen molar-refractivity contribution in [1.29, 1.82) is 0 Å². The lowest BCUT2D eigenvalue weighted by Gasteiger charge is -1.88. The molecule has 0 amide bonds. The molecule has 0 fully saturated rings. The second-order valence-corrected chi connectivity index (χ2v) is 3.85. The molecule has 0 saturated carbocycles. The van der Waals surface area contributed by atoms with E-state index >= 15 is 0 Å². The number of hydrogen-bond acceptors (Lipinski definition) is 4. The number of carbonyl (C=O) groups is 1. The van der Waals surface area contributed by atoms with Gasteiger partial charge in [0.1, 0.15) is 10.7 Å². The fourth-order valence-corrected chi connectivity index (χ4v) is 2.35. The first-order valence-electron chi connectivity index (χ1n) is 3.31. The molecule has 0 spiro atoms. The van der Waals surface area contributed by atoms with Crippen LogP contribution in [0.15, 0.2) is 16.6 Å². The first-order valence-corrected chi connectivity index (χ1v) is 5.42. The van der Waals surface area contributed by atoms with E-state index in [0.29, 0.717) is 5.69 Å². The summed E-state index contributed by atoms with van der Waals surface area (Å²) in [5.74, 6) is 0. The molecule has 0 aromatic carbocycles. The van der Waals surface area contributed by atoms with E-state index in [2.05, 4.69) is 4.98 Å². The number of hydrogen-bond donors (Lipinski definition) is 0. The van der Waals surface area contributed by atoms with E-state index in [1.165, 1.54) is 23.1 Å². The number of imidazole rings is 1. The van der Waals surface area contributed by atoms with E-state index < -0.39 is 0 Å². The number of nitrogens with zero attached hydrogens (tertiary/aromatic N) is 2. The SMILES string of the molecule is CSc1nc2sccn2c1C=O. The average molecular weight is 198 g/mol. The standard InChI is InChI=1S/C7H6N2OS2/c1-11-6-5(4-10)9-2-3-12-7(9)8-6/h2-4H,1H3. The summed E-state index contributed by atoms with van der Waals surface area (Å²) in [4.78, 5) is 15.8. The van der Waals surface area contributed by atoms with Crippen molar-refractivity contribution in [2.24, 2.45) is 0 Å². The lowest BCUT2D eigenvalue weighted by Crippen LogP contribution is -1.87. The van der Waals surface area contributed by atoms with Crippen molar-refractivity contribution in [3.8, 4) is 0 Å². The van der Waals surface area contributed by atoms with Crippen LogP contribution in [0.3, 0.4) is 0 Å². The highest BCUT2D eigenvalue weighted by molar-refractivity contribution is 7.98. The summed E-state index contributed by atoms with van der Waals surface area (Å²) in [6.07, 6.45) is 4.62. The van der Waals surface area contributed by atoms with Gasteiger partial charge in [-0.25, -0.2) is 4.98 Å². The van der Waals surface area contributed by atoms with Crippen molar-refractivity contribution in [3.05, 3.63) is 17.3 Å². The minimum Gasteiger partial charge on any atom is -0.296 e. The molecule has 0 aliphatic carbocycles. The van der Waals surface area contributed by atoms with Crippen LogP contribution in [0.4, 0.5) is 0 Å². The van der Waals surface area contributed by atoms with Crippen molar-refractivity contribution in [3.63, 3.8) is 0 Å². The average Bonchev–Trinajstić information content (AvgIpc) is 2.61. The van der Waals surface area contributed by atoms with Gasteiger partial charge in [-0.2, -0.15) is 0 Å². The highest BCUT2D eigenvalue weighted by atomic mass is 32.2. The maximum Gasteiger partial charge on any atom is 0.195 e. The van der Waals surface area contributed by atoms with Crippen LogP contribution in [-0.2, 0) is 0 Å². The van der Waals surface area contributed by atoms with Crippen molar-refractivity contribution in [2.45, 2.75) is 5.03 Å². The van der Waals surface area contributed by atoms with Crippen LogP contribution in [0.5, 0.6) is 0 Å². The van der Waals surface area contributed by atoms with Gasteiger partial charge >= 0.3 is 0 Å². The second-order valence-electron chi connectivity index (χ2n) is 2.18. The van der Waals surface area contributed by atoms with Crippen molar-refractivity contribution < 1.29 is 4.79 Å². The first-order chi connectivity index (χ1) is 5.86. The summed E-state index contributed by atoms with van der Waals surface area (Å²) in [6, 6.07) is 0. The molecule has 62 valence electrons. The van der Waals surface area contributed by atoms with E-state index in [4.69, 9.17) is 0 Å². The number of thioether (sulfide) groups is 1. The van der Waals surface area contributed by atoms with Gasteiger partial charge in [-0.05, 0) is 6.26 Å². The molecule has 0 aliphatic heterocycles. The van der Waals surface area contributed by atoms with Gasteiger partial charge in [0.2, 0.25) is 0 Å². The summed E-state index contributed by atoms with van der Waals surface area (Å²) < 4.78 is 1.81. The Balaban J connectivity index is 2.78. The fraction of sp³-hybridized carbons (Fsp3) is 0.143. The Labute approximate surface area is 77.4 Å². The number of carbonyl (C=O) groups excluding carboxylic acids is 1. The van der Waals surface area contributed by atoms with Crippen molar-refractivity contribution in [2.75, 3.05) is 6.26 Å². The Morgan fingerprint density at radius 2 is 2.58 bits per heavy atom. The normalized spacial score (nSPS) is 10.8. The number of aldehydes is 1. The lowest BCUT2D eigenvalue weighted by molar-refractivity contribution is 0.111. The van der Waals surface area contributed by atoms with E-state index in [1.807, 2.05) is 22.2 Å². The maximum absolute atomic E-state index is 10.7. The molecule has 12 heavy (non-hydrogen) atoms. The third kappa shape index (κ3) is 0.971. The molecule has 0 saturated heterocycles. The highest BCUT2D eigenvalue weighted by Crippen LogP contribution is 2.22. The van der Waals surface area contributed by atoms with Crippen LogP contribution < -0.4 is 0 Å². The Morgan fingerprint density at radius 1 is 1.75 bits per heavy atom. The molecule has 0 aliphatic rings. The molecule has 0 radical (unpaired) electrons. The zero-order chi connectivity index (χ0) is 8.55. The summed E-state index contributed by atoms with van der Waals surface area (Å²) in [6.45, 7) is 0. The topological polar surface area (TPSA) is 34.4 Å². The molecule has 2 heterocycles. The van der Waals surface area contributed by atoms with Crippen molar-refractivity contribution >= 4 is 34.3 Å². The Morgan fingerprint density at radius 3 is 3.25 bits per heavy atom. The summed E-state index contributed by atoms with van der Waals surface area (Å²) in [5, 5.41) is 2.72. The zero-order valence-electron chi connectivity index (χ0n) is 6.35. The summed E-state index contributed by atoms with van der Waals surface area (Å²) in [7, 11) is 0. The van der Waals surface area contributed by atoms with Crippen LogP contribution in [0, 0.1) is 0 Å². The highest BCUT2D eigenvalue weighted by Gasteiger charge is 2.10. The zero-order valence-corrected chi connectivity index (χ0v) is 7.98. The lowest BCUT2D eigenvalue weighted by atomic mass is 10.5. The van der Waals surface area contributed by atoms with Gasteiger partial charge in [0.05, 0.1) is 0 Å². The molecule has 2 rings (SSSR count). The van der Waals surface area contributed by atoms with Gasteiger partial charge in [0, 0.05) is 11.6 Å². The van der Waals surface area contributed by atoms with Gasteiger partial charge in [0.15, 0.2) is 11.2 Å². The van der Waals surface area contributed by atoms with Gasteiger partial charge in [0.25, 0.3) is 0 Å². The Bertz CT molecular complexity index is 418. The Hall–Kier alpha value is -0.810. The molecule has 0 N–H and O–H groups in total. The molecule has 2 aromatic heterocycles. The summed E-state index contributed by atoms with van der Waals surface area (Å²) >= 11 is 3.03. The van der Waals surface area contributed by atoms with Crippen LogP contribution in [0.25, 0.3) is 4.96 Å². The molecule has 2 aromatic rings. The Kier molecular flexibility index (Phi) is 1.90. The van der Waals surface area contributed by atoms with Gasteiger partial charge in [-0.3, -0.25) is 9.20 Å². The number of aromatic nitrogens is 2. The first kappa shape index (κ1) is 7.82. The van der Waals surface area contributed by atoms with Crippen LogP contribution in [0.1, 0.15) is 10.5 Å². The predicted octanol–water partition coefficient (Wildman–Crippen LogP) is 1.93. The minimum atomic E-state index is 0.652. The number of thiazole rings is 1. The largest absolute Gasteiger partial charge is 0.296 e. The molecule has 3 nitrogen and oxygen atoms in total. The number of fused-ring (bicyclic) bond motifs is 1. The van der Waals surface area contributed by atoms with Crippen LogP contribution >= 0.6 is 23.1 Å². The van der Waals surface area contributed by atoms with E-state index in [0.717, 1.165) is 16.3 Å². The monoisotopic (exact) mass is 198 g/mol. The molecule has 5 heteroatoms. The van der Waals surface area contributed by atoms with E-state index in [9.17, 15) is 4.79 Å². The predicted molar refractivity (Wildman–Crippen MR) is 50.2 cm³/mol. The van der Waals surface area contributed by atoms with Gasteiger partial charge < -0.3 is 0 Å². The maximum atomic E-state index is 10.7. The number of rotatable bonds is 2. The molecule has 0 bridgehead atoms. The molecule has 0 atom stereocenters.